The zero-order valence-electron chi connectivity index (χ0n) is 15.7. The van der Waals surface area contributed by atoms with E-state index in [9.17, 15) is 4.79 Å². The van der Waals surface area contributed by atoms with Crippen molar-refractivity contribution in [1.82, 2.24) is 0 Å². The van der Waals surface area contributed by atoms with Gasteiger partial charge in [0, 0.05) is 23.1 Å². The van der Waals surface area contributed by atoms with Crippen LogP contribution in [0.25, 0.3) is 10.8 Å². The molecule has 0 aliphatic carbocycles. The number of benzene rings is 2. The molecule has 2 rings (SSSR count). The number of amides is 1. The second-order valence-corrected chi connectivity index (χ2v) is 6.31. The number of carbonyl (C=O) groups is 1. The molecule has 0 aliphatic heterocycles. The Morgan fingerprint density at radius 2 is 1.76 bits per heavy atom. The van der Waals surface area contributed by atoms with Gasteiger partial charge in [-0.15, -0.1) is 0 Å². The number of fused-ring (bicyclic) bond motifs is 1. The summed E-state index contributed by atoms with van der Waals surface area (Å²) in [7, 11) is 0. The first-order valence-corrected chi connectivity index (χ1v) is 9.15. The van der Waals surface area contributed by atoms with Gasteiger partial charge >= 0.3 is 0 Å². The Hall–Kier alpha value is -2.07. The lowest BCUT2D eigenvalue weighted by atomic mass is 9.97. The molecular formula is C21H29NO3. The zero-order chi connectivity index (χ0) is 18.3. The lowest BCUT2D eigenvalue weighted by Crippen LogP contribution is -2.42. The molecule has 0 fully saturated rings. The summed E-state index contributed by atoms with van der Waals surface area (Å²) in [5, 5.41) is 5.03. The number of hydrogen-bond donors (Lipinski definition) is 1. The highest BCUT2D eigenvalue weighted by atomic mass is 16.5. The van der Waals surface area contributed by atoms with E-state index in [1.807, 2.05) is 57.2 Å². The van der Waals surface area contributed by atoms with Gasteiger partial charge in [0.2, 0.25) is 0 Å². The van der Waals surface area contributed by atoms with Crippen LogP contribution in [0, 0.1) is 0 Å². The fraction of sp³-hybridized carbons (Fsp3) is 0.476. The van der Waals surface area contributed by atoms with Crippen molar-refractivity contribution in [2.24, 2.45) is 0 Å². The largest absolute Gasteiger partial charge is 0.493 e. The van der Waals surface area contributed by atoms with E-state index in [-0.39, 0.29) is 5.91 Å². The number of unbranched alkanes of at least 4 members (excludes halogenated alkanes) is 1. The SMILES string of the molecule is CCCC[C@@](C)(OCC)C(=O)Nc1ccc(OCC)c2ccccc12. The summed E-state index contributed by atoms with van der Waals surface area (Å²) in [6.45, 7) is 8.99. The Kier molecular flexibility index (Phi) is 6.82. The van der Waals surface area contributed by atoms with Crippen LogP contribution in [0.5, 0.6) is 5.75 Å². The molecule has 0 unspecified atom stereocenters. The number of nitrogens with one attached hydrogen (secondary N) is 1. The minimum atomic E-state index is -0.815. The van der Waals surface area contributed by atoms with Crippen LogP contribution < -0.4 is 10.1 Å². The molecule has 2 aromatic carbocycles. The molecule has 25 heavy (non-hydrogen) atoms. The predicted octanol–water partition coefficient (Wildman–Crippen LogP) is 5.16. The topological polar surface area (TPSA) is 47.6 Å². The Balaban J connectivity index is 2.32. The van der Waals surface area contributed by atoms with Gasteiger partial charge in [-0.1, -0.05) is 44.0 Å². The van der Waals surface area contributed by atoms with Crippen LogP contribution in [0.3, 0.4) is 0 Å². The standard InChI is InChI=1S/C21H29NO3/c1-5-8-15-21(4,25-7-3)20(23)22-18-13-14-19(24-6-2)17-12-10-9-11-16(17)18/h9-14H,5-8,15H2,1-4H3,(H,22,23)/t21-/m1/s1. The molecule has 0 radical (unpaired) electrons. The molecule has 1 N–H and O–H groups in total. The van der Waals surface area contributed by atoms with Crippen molar-refractivity contribution < 1.29 is 14.3 Å². The predicted molar refractivity (Wildman–Crippen MR) is 103 cm³/mol. The maximum absolute atomic E-state index is 12.9. The number of rotatable bonds is 9. The Morgan fingerprint density at radius 1 is 1.04 bits per heavy atom. The lowest BCUT2D eigenvalue weighted by molar-refractivity contribution is -0.139. The summed E-state index contributed by atoms with van der Waals surface area (Å²) in [5.41, 5.74) is -0.0312. The molecule has 0 bridgehead atoms. The highest BCUT2D eigenvalue weighted by Gasteiger charge is 2.33. The third-order valence-electron chi connectivity index (χ3n) is 4.38. The van der Waals surface area contributed by atoms with E-state index in [0.717, 1.165) is 35.1 Å². The Labute approximate surface area is 150 Å². The average Bonchev–Trinajstić information content (AvgIpc) is 2.62. The molecule has 136 valence electrons. The molecule has 0 spiro atoms. The smallest absolute Gasteiger partial charge is 0.256 e. The summed E-state index contributed by atoms with van der Waals surface area (Å²) >= 11 is 0. The fourth-order valence-corrected chi connectivity index (χ4v) is 3.00. The molecule has 0 saturated carbocycles. The summed E-state index contributed by atoms with van der Waals surface area (Å²) in [6, 6.07) is 11.8. The first-order valence-electron chi connectivity index (χ1n) is 9.15. The maximum atomic E-state index is 12.9. The van der Waals surface area contributed by atoms with Gasteiger partial charge in [0.05, 0.1) is 6.61 Å². The third kappa shape index (κ3) is 4.51. The van der Waals surface area contributed by atoms with Gasteiger partial charge in [-0.05, 0) is 39.3 Å². The van der Waals surface area contributed by atoms with Crippen LogP contribution in [-0.4, -0.2) is 24.7 Å². The van der Waals surface area contributed by atoms with Gasteiger partial charge in [0.1, 0.15) is 11.4 Å². The minimum absolute atomic E-state index is 0.0999. The van der Waals surface area contributed by atoms with Crippen LogP contribution in [0.15, 0.2) is 36.4 Å². The molecule has 0 aliphatic rings. The molecule has 2 aromatic rings. The van der Waals surface area contributed by atoms with Crippen LogP contribution in [0.1, 0.15) is 47.0 Å². The Bertz CT molecular complexity index is 713. The molecule has 4 nitrogen and oxygen atoms in total. The molecule has 0 heterocycles. The van der Waals surface area contributed by atoms with Crippen molar-refractivity contribution in [2.45, 2.75) is 52.6 Å². The molecule has 4 heteroatoms. The van der Waals surface area contributed by atoms with Gasteiger partial charge in [-0.25, -0.2) is 0 Å². The monoisotopic (exact) mass is 343 g/mol. The van der Waals surface area contributed by atoms with Crippen molar-refractivity contribution >= 4 is 22.4 Å². The minimum Gasteiger partial charge on any atom is -0.493 e. The van der Waals surface area contributed by atoms with E-state index in [4.69, 9.17) is 9.47 Å². The van der Waals surface area contributed by atoms with Crippen LogP contribution in [-0.2, 0) is 9.53 Å². The zero-order valence-corrected chi connectivity index (χ0v) is 15.7. The first-order chi connectivity index (χ1) is 12.1. The van der Waals surface area contributed by atoms with E-state index in [1.165, 1.54) is 0 Å². The van der Waals surface area contributed by atoms with E-state index in [1.54, 1.807) is 0 Å². The molecule has 1 atom stereocenters. The second kappa shape index (κ2) is 8.86. The molecule has 0 saturated heterocycles. The van der Waals surface area contributed by atoms with Crippen molar-refractivity contribution in [3.63, 3.8) is 0 Å². The quantitative estimate of drug-likeness (QED) is 0.684. The van der Waals surface area contributed by atoms with Gasteiger partial charge in [-0.3, -0.25) is 4.79 Å². The number of ether oxygens (including phenoxy) is 2. The van der Waals surface area contributed by atoms with Gasteiger partial charge in [0.15, 0.2) is 0 Å². The van der Waals surface area contributed by atoms with E-state index >= 15 is 0 Å². The van der Waals surface area contributed by atoms with Gasteiger partial charge < -0.3 is 14.8 Å². The Morgan fingerprint density at radius 3 is 2.40 bits per heavy atom. The van der Waals surface area contributed by atoms with E-state index in [0.29, 0.717) is 19.6 Å². The lowest BCUT2D eigenvalue weighted by Gasteiger charge is -2.28. The normalized spacial score (nSPS) is 13.4. The van der Waals surface area contributed by atoms with Crippen molar-refractivity contribution in [3.05, 3.63) is 36.4 Å². The summed E-state index contributed by atoms with van der Waals surface area (Å²) < 4.78 is 11.5. The van der Waals surface area contributed by atoms with Gasteiger partial charge in [0.25, 0.3) is 5.91 Å². The molecule has 1 amide bonds. The fourth-order valence-electron chi connectivity index (χ4n) is 3.00. The van der Waals surface area contributed by atoms with Crippen LogP contribution in [0.4, 0.5) is 5.69 Å². The van der Waals surface area contributed by atoms with E-state index < -0.39 is 5.60 Å². The highest BCUT2D eigenvalue weighted by Crippen LogP contribution is 2.32. The number of carbonyl (C=O) groups excluding carboxylic acids is 1. The van der Waals surface area contributed by atoms with Crippen LogP contribution in [0.2, 0.25) is 0 Å². The van der Waals surface area contributed by atoms with Crippen molar-refractivity contribution in [3.8, 4) is 5.75 Å². The molecular weight excluding hydrogens is 314 g/mol. The number of hydrogen-bond acceptors (Lipinski definition) is 3. The number of anilines is 1. The average molecular weight is 343 g/mol. The third-order valence-corrected chi connectivity index (χ3v) is 4.38. The summed E-state index contributed by atoms with van der Waals surface area (Å²) in [4.78, 5) is 12.9. The van der Waals surface area contributed by atoms with E-state index in [2.05, 4.69) is 12.2 Å². The first kappa shape index (κ1) is 19.3. The van der Waals surface area contributed by atoms with Crippen molar-refractivity contribution in [2.75, 3.05) is 18.5 Å². The molecule has 0 aromatic heterocycles. The van der Waals surface area contributed by atoms with Gasteiger partial charge in [-0.2, -0.15) is 0 Å². The highest BCUT2D eigenvalue weighted by molar-refractivity contribution is 6.06. The van der Waals surface area contributed by atoms with Crippen molar-refractivity contribution in [1.29, 1.82) is 0 Å². The summed E-state index contributed by atoms with van der Waals surface area (Å²) in [6.07, 6.45) is 2.69. The summed E-state index contributed by atoms with van der Waals surface area (Å²) in [5.74, 6) is 0.728. The second-order valence-electron chi connectivity index (χ2n) is 6.31. The maximum Gasteiger partial charge on any atom is 0.256 e. The van der Waals surface area contributed by atoms with Crippen LogP contribution >= 0.6 is 0 Å².